The van der Waals surface area contributed by atoms with Crippen LogP contribution >= 0.6 is 0 Å². The van der Waals surface area contributed by atoms with Crippen LogP contribution in [0.1, 0.15) is 24.3 Å². The van der Waals surface area contributed by atoms with E-state index in [-0.39, 0.29) is 0 Å². The molecule has 1 saturated carbocycles. The molecular weight excluding hydrogens is 296 g/mol. The molecule has 1 heterocycles. The Morgan fingerprint density at radius 2 is 1.54 bits per heavy atom. The molecule has 4 rings (SSSR count). The molecule has 1 aliphatic rings. The van der Waals surface area contributed by atoms with E-state index in [4.69, 9.17) is 4.74 Å². The molecule has 120 valence electrons. The van der Waals surface area contributed by atoms with Crippen molar-refractivity contribution in [3.05, 3.63) is 78.5 Å². The lowest BCUT2D eigenvalue weighted by Gasteiger charge is -2.20. The van der Waals surface area contributed by atoms with Crippen LogP contribution in [0.5, 0.6) is 11.6 Å². The Bertz CT molecular complexity index is 794. The lowest BCUT2D eigenvalue weighted by Crippen LogP contribution is -2.09. The highest BCUT2D eigenvalue weighted by atomic mass is 16.5. The zero-order valence-corrected chi connectivity index (χ0v) is 13.7. The van der Waals surface area contributed by atoms with E-state index in [2.05, 4.69) is 53.3 Å². The minimum Gasteiger partial charge on any atom is -0.439 e. The third kappa shape index (κ3) is 3.25. The van der Waals surface area contributed by atoms with Crippen LogP contribution in [0.3, 0.4) is 0 Å². The fourth-order valence-electron chi connectivity index (χ4n) is 2.80. The molecule has 1 aliphatic carbocycles. The number of ether oxygens (including phenoxy) is 1. The summed E-state index contributed by atoms with van der Waals surface area (Å²) in [7, 11) is 2.08. The van der Waals surface area contributed by atoms with Crippen molar-refractivity contribution in [3.63, 3.8) is 0 Å². The summed E-state index contributed by atoms with van der Waals surface area (Å²) in [5.41, 5.74) is 3.78. The number of pyridine rings is 1. The van der Waals surface area contributed by atoms with Crippen molar-refractivity contribution in [2.24, 2.45) is 0 Å². The minimum atomic E-state index is 0.606. The molecule has 3 aromatic rings. The Labute approximate surface area is 142 Å². The second-order valence-electron chi connectivity index (χ2n) is 6.19. The van der Waals surface area contributed by atoms with Crippen molar-refractivity contribution in [1.82, 2.24) is 4.98 Å². The summed E-state index contributed by atoms with van der Waals surface area (Å²) in [5, 5.41) is 0. The van der Waals surface area contributed by atoms with Gasteiger partial charge in [0.1, 0.15) is 5.75 Å². The van der Waals surface area contributed by atoms with Gasteiger partial charge in [0, 0.05) is 30.7 Å². The molecule has 24 heavy (non-hydrogen) atoms. The molecule has 3 nitrogen and oxygen atoms in total. The van der Waals surface area contributed by atoms with Gasteiger partial charge in [0.25, 0.3) is 0 Å². The molecule has 1 fully saturated rings. The van der Waals surface area contributed by atoms with Gasteiger partial charge in [-0.05, 0) is 66.8 Å². The van der Waals surface area contributed by atoms with E-state index in [0.29, 0.717) is 5.88 Å². The first-order valence-corrected chi connectivity index (χ1v) is 8.32. The minimum absolute atomic E-state index is 0.606. The normalized spacial score (nSPS) is 13.5. The quantitative estimate of drug-likeness (QED) is 0.620. The van der Waals surface area contributed by atoms with Crippen molar-refractivity contribution in [2.75, 3.05) is 11.9 Å². The highest BCUT2D eigenvalue weighted by molar-refractivity contribution is 5.63. The predicted molar refractivity (Wildman–Crippen MR) is 97.2 cm³/mol. The number of hydrogen-bond acceptors (Lipinski definition) is 3. The molecular formula is C21H20N2O. The van der Waals surface area contributed by atoms with Crippen LogP contribution in [0.15, 0.2) is 72.9 Å². The Morgan fingerprint density at radius 3 is 2.12 bits per heavy atom. The van der Waals surface area contributed by atoms with Gasteiger partial charge >= 0.3 is 0 Å². The predicted octanol–water partition coefficient (Wildman–Crippen LogP) is 5.52. The van der Waals surface area contributed by atoms with Gasteiger partial charge < -0.3 is 9.64 Å². The molecule has 1 aromatic heterocycles. The van der Waals surface area contributed by atoms with Gasteiger partial charge in [0.15, 0.2) is 0 Å². The summed E-state index contributed by atoms with van der Waals surface area (Å²) in [6, 6.07) is 22.6. The Hall–Kier alpha value is -2.81. The first kappa shape index (κ1) is 14.8. The first-order valence-electron chi connectivity index (χ1n) is 8.32. The number of hydrogen-bond donors (Lipinski definition) is 0. The van der Waals surface area contributed by atoms with Crippen LogP contribution < -0.4 is 9.64 Å². The summed E-state index contributed by atoms with van der Waals surface area (Å²) in [6.45, 7) is 0. The van der Waals surface area contributed by atoms with Crippen LogP contribution in [0.4, 0.5) is 11.4 Å². The monoisotopic (exact) mass is 316 g/mol. The Balaban J connectivity index is 1.47. The Kier molecular flexibility index (Phi) is 3.91. The van der Waals surface area contributed by atoms with Gasteiger partial charge in [-0.3, -0.25) is 0 Å². The molecule has 0 atom stereocenters. The average molecular weight is 316 g/mol. The van der Waals surface area contributed by atoms with Crippen molar-refractivity contribution in [3.8, 4) is 11.6 Å². The maximum Gasteiger partial charge on any atom is 0.219 e. The first-order chi connectivity index (χ1) is 11.8. The third-order valence-electron chi connectivity index (χ3n) is 4.41. The van der Waals surface area contributed by atoms with Crippen LogP contribution in [-0.2, 0) is 0 Å². The van der Waals surface area contributed by atoms with Gasteiger partial charge in [0.05, 0.1) is 0 Å². The molecule has 0 spiro atoms. The lowest BCUT2D eigenvalue weighted by molar-refractivity contribution is 0.463. The van der Waals surface area contributed by atoms with Gasteiger partial charge in [-0.1, -0.05) is 18.2 Å². The fourth-order valence-corrected chi connectivity index (χ4v) is 2.80. The zero-order valence-electron chi connectivity index (χ0n) is 13.7. The van der Waals surface area contributed by atoms with Gasteiger partial charge in [-0.15, -0.1) is 0 Å². The topological polar surface area (TPSA) is 25.4 Å². The third-order valence-corrected chi connectivity index (χ3v) is 4.41. The molecule has 0 N–H and O–H groups in total. The van der Waals surface area contributed by atoms with E-state index in [9.17, 15) is 0 Å². The standard InChI is InChI=1S/C21H20N2O/c1-23(18-9-7-17(8-10-18)16-5-6-16)19-11-13-20(14-12-19)24-21-4-2-3-15-22-21/h2-4,7-16H,5-6H2,1H3. The molecule has 0 unspecified atom stereocenters. The van der Waals surface area contributed by atoms with Gasteiger partial charge in [-0.25, -0.2) is 4.98 Å². The number of anilines is 2. The summed E-state index contributed by atoms with van der Waals surface area (Å²) < 4.78 is 5.74. The van der Waals surface area contributed by atoms with Gasteiger partial charge in [-0.2, -0.15) is 0 Å². The number of nitrogens with zero attached hydrogens (tertiary/aromatic N) is 2. The van der Waals surface area contributed by atoms with E-state index in [1.54, 1.807) is 6.20 Å². The maximum absolute atomic E-state index is 5.74. The smallest absolute Gasteiger partial charge is 0.219 e. The van der Waals surface area contributed by atoms with Crippen molar-refractivity contribution in [2.45, 2.75) is 18.8 Å². The summed E-state index contributed by atoms with van der Waals surface area (Å²) in [5.74, 6) is 2.19. The Morgan fingerprint density at radius 1 is 0.875 bits per heavy atom. The highest BCUT2D eigenvalue weighted by Crippen LogP contribution is 2.40. The molecule has 0 radical (unpaired) electrons. The largest absolute Gasteiger partial charge is 0.439 e. The lowest BCUT2D eigenvalue weighted by atomic mass is 10.1. The number of rotatable bonds is 5. The second kappa shape index (κ2) is 6.36. The molecule has 0 bridgehead atoms. The van der Waals surface area contributed by atoms with Crippen molar-refractivity contribution in [1.29, 1.82) is 0 Å². The summed E-state index contributed by atoms with van der Waals surface area (Å²) in [4.78, 5) is 6.36. The highest BCUT2D eigenvalue weighted by Gasteiger charge is 2.23. The van der Waals surface area contributed by atoms with E-state index < -0.39 is 0 Å². The van der Waals surface area contributed by atoms with Crippen molar-refractivity contribution < 1.29 is 4.74 Å². The molecule has 3 heteroatoms. The van der Waals surface area contributed by atoms with E-state index >= 15 is 0 Å². The second-order valence-corrected chi connectivity index (χ2v) is 6.19. The van der Waals surface area contributed by atoms with Crippen LogP contribution in [0.2, 0.25) is 0 Å². The summed E-state index contributed by atoms with van der Waals surface area (Å²) >= 11 is 0. The fraction of sp³-hybridized carbons (Fsp3) is 0.190. The molecule has 0 saturated heterocycles. The maximum atomic E-state index is 5.74. The van der Waals surface area contributed by atoms with Crippen LogP contribution in [0.25, 0.3) is 0 Å². The zero-order chi connectivity index (χ0) is 16.4. The summed E-state index contributed by atoms with van der Waals surface area (Å²) in [6.07, 6.45) is 4.41. The van der Waals surface area contributed by atoms with Gasteiger partial charge in [0.2, 0.25) is 5.88 Å². The SMILES string of the molecule is CN(c1ccc(Oc2ccccn2)cc1)c1ccc(C2CC2)cc1. The van der Waals surface area contributed by atoms with E-state index in [1.807, 2.05) is 30.3 Å². The van der Waals surface area contributed by atoms with Crippen molar-refractivity contribution >= 4 is 11.4 Å². The average Bonchev–Trinajstić information content (AvgIpc) is 3.48. The number of aromatic nitrogens is 1. The molecule has 0 aliphatic heterocycles. The van der Waals surface area contributed by atoms with Crippen LogP contribution in [0, 0.1) is 0 Å². The van der Waals surface area contributed by atoms with Crippen LogP contribution in [-0.4, -0.2) is 12.0 Å². The van der Waals surface area contributed by atoms with E-state index in [0.717, 1.165) is 17.4 Å². The molecule has 2 aromatic carbocycles. The van der Waals surface area contributed by atoms with E-state index in [1.165, 1.54) is 24.1 Å². The number of benzene rings is 2. The molecule has 0 amide bonds.